The summed E-state index contributed by atoms with van der Waals surface area (Å²) >= 11 is 0. The van der Waals surface area contributed by atoms with E-state index in [4.69, 9.17) is 36.1 Å². The second-order valence-corrected chi connectivity index (χ2v) is 32.1. The fraction of sp³-hybridized carbons (Fsp3) is 0.407. The number of hydrogen-bond donors (Lipinski definition) is 14. The Balaban J connectivity index is 0.000000114. The van der Waals surface area contributed by atoms with Crippen LogP contribution in [-0.2, 0) is 58.3 Å². The molecule has 3 aliphatic heterocycles. The third-order valence-electron chi connectivity index (χ3n) is 24.9. The average Bonchev–Trinajstić information content (AvgIpc) is 1.57. The lowest BCUT2D eigenvalue weighted by Crippen LogP contribution is -2.35. The number of aryl methyl sites for hydroxylation is 3. The standard InChI is InChI=1S/C24H28FN3O3.C21H21F3N4O3.C21H22F2N4O3.C20H21FN4O3/c1-3-14-8-15-6-4-5-7-16(15)19(9-14)31-20-10-18(22(29)23(20)30)28-11-17(25)21-13(2)26-12-27-24(21)28;22-11-5-15(10-7-26-3-1-9(10)18(11)24)31-16-6-14(19(29)20(16)30)28-8-12(23)17-13(25)2-4-27-21(17)28;22-11-5-10-1-3-25-8-12(10)16(6-11)30-17-7-15(19(28)20(17)29)27-9-13(23)18-14(24)2-4-26-21(18)27;21-12-9-25(20-17(12)13(22)4-5-24-20)14-6-16(19(27)18(14)26)28-15-3-1-2-10-7-23-8-11(10)15/h8-9,11-12,18,20,22-23,29-30H,3-7,10H2,1-2H3;2,4-5,8,14,16,19-20,26,29-30H,1,3,6-7H2,(H2,25,27);2,4-6,9,15,17,19-20,25,28-29H,1,3,7-8H2,(H2,24,26);1-5,9,14,16,18-19,23,26-27H,6-8H2,(H2,22,24)/t18?,20?,22-,23+;14?,16?,19-,20+;15?,17?,19-,20+;14?,16?,18-,19+/m0000/s1. The van der Waals surface area contributed by atoms with E-state index < -0.39 is 138 Å². The highest BCUT2D eigenvalue weighted by molar-refractivity contribution is 5.91. The molecular weight excluding hydrogens is 1570 g/mol. The first-order chi connectivity index (χ1) is 57.8. The highest BCUT2D eigenvalue weighted by atomic mass is 19.2. The van der Waals surface area contributed by atoms with Crippen molar-refractivity contribution in [1.82, 2.24) is 59.1 Å². The van der Waals surface area contributed by atoms with E-state index in [0.29, 0.717) is 91.3 Å². The number of pyridine rings is 3. The lowest BCUT2D eigenvalue weighted by Gasteiger charge is -2.25. The van der Waals surface area contributed by atoms with Crippen LogP contribution in [0.1, 0.15) is 125 Å². The fourth-order valence-electron chi connectivity index (χ4n) is 18.7. The number of hydrogen-bond acceptors (Lipinski definition) is 23. The molecule has 632 valence electrons. The number of fused-ring (bicyclic) bond motifs is 8. The molecule has 11 heterocycles. The summed E-state index contributed by atoms with van der Waals surface area (Å²) in [5.41, 5.74) is 28.6. The summed E-state index contributed by atoms with van der Waals surface area (Å²) < 4.78 is 131. The molecule has 16 atom stereocenters. The van der Waals surface area contributed by atoms with Crippen molar-refractivity contribution in [3.63, 3.8) is 0 Å². The van der Waals surface area contributed by atoms with E-state index in [1.54, 1.807) is 16.1 Å². The van der Waals surface area contributed by atoms with Crippen molar-refractivity contribution in [2.75, 3.05) is 30.3 Å². The maximum atomic E-state index is 14.6. The Morgan fingerprint density at radius 1 is 0.400 bits per heavy atom. The molecule has 0 saturated heterocycles. The molecule has 8 aliphatic rings. The van der Waals surface area contributed by atoms with Crippen LogP contribution in [0.25, 0.3) is 44.1 Å². The van der Waals surface area contributed by atoms with E-state index in [2.05, 4.69) is 59.9 Å². The van der Waals surface area contributed by atoms with Crippen molar-refractivity contribution < 1.29 is 90.5 Å². The Bertz CT molecular complexity index is 5880. The van der Waals surface area contributed by atoms with Gasteiger partial charge in [-0.2, -0.15) is 0 Å². The first-order valence-corrected chi connectivity index (χ1v) is 40.3. The molecule has 4 fully saturated rings. The molecule has 4 saturated carbocycles. The predicted octanol–water partition coefficient (Wildman–Crippen LogP) is 8.36. The molecule has 5 aliphatic carbocycles. The van der Waals surface area contributed by atoms with Crippen LogP contribution in [0.2, 0.25) is 0 Å². The van der Waals surface area contributed by atoms with Crippen molar-refractivity contribution in [3.05, 3.63) is 213 Å². The number of nitrogens with one attached hydrogen (secondary N) is 3. The number of aromatic nitrogens is 9. The normalized spacial score (nSPS) is 26.0. The number of ether oxygens (including phenoxy) is 4. The van der Waals surface area contributed by atoms with Gasteiger partial charge in [-0.15, -0.1) is 0 Å². The van der Waals surface area contributed by atoms with Crippen molar-refractivity contribution in [1.29, 1.82) is 0 Å². The number of aliphatic hydroxyl groups excluding tert-OH is 8. The van der Waals surface area contributed by atoms with E-state index >= 15 is 0 Å². The number of aliphatic hydroxyl groups is 8. The van der Waals surface area contributed by atoms with Gasteiger partial charge in [0.05, 0.1) is 51.4 Å². The minimum atomic E-state index is -1.33. The van der Waals surface area contributed by atoms with Gasteiger partial charge < -0.3 is 111 Å². The molecule has 0 spiro atoms. The fourth-order valence-corrected chi connectivity index (χ4v) is 18.7. The SMILES string of the molecule is CCc1cc2c(c(OC3CC(n4cc(F)c5c(C)ncnc54)[C@H](O)[C@@H]3O)c1)CCCC2.Nc1ccnc2c1c(F)cn2C1CC(Oc2cc(F)c(F)c3c2CNCC3)[C@@H](O)[C@H]1O.Nc1ccnc2c1c(F)cn2C1CC(Oc2cc(F)cc3c2CNCC3)[C@@H](O)[C@H]1O.Nc1ccnc2c1c(F)cn2C1CC(Oc2cccc3c2CNC3)[C@@H](O)[C@H]1O. The van der Waals surface area contributed by atoms with Crippen LogP contribution in [0.3, 0.4) is 0 Å². The zero-order valence-electron chi connectivity index (χ0n) is 65.3. The maximum absolute atomic E-state index is 14.6. The van der Waals surface area contributed by atoms with Gasteiger partial charge in [-0.25, -0.2) is 55.7 Å². The number of halogens is 7. The van der Waals surface area contributed by atoms with Crippen LogP contribution in [0.15, 0.2) is 116 Å². The molecule has 120 heavy (non-hydrogen) atoms. The van der Waals surface area contributed by atoms with Crippen molar-refractivity contribution >= 4 is 61.2 Å². The van der Waals surface area contributed by atoms with Crippen LogP contribution in [0, 0.1) is 47.6 Å². The molecule has 12 aromatic rings. The Morgan fingerprint density at radius 2 is 0.825 bits per heavy atom. The molecule has 34 heteroatoms. The topological polar surface area (TPSA) is 397 Å². The van der Waals surface area contributed by atoms with Gasteiger partial charge in [0.15, 0.2) is 34.9 Å². The highest BCUT2D eigenvalue weighted by Crippen LogP contribution is 2.46. The lowest BCUT2D eigenvalue weighted by molar-refractivity contribution is -0.0167. The minimum absolute atomic E-state index is 0.100. The van der Waals surface area contributed by atoms with Crippen LogP contribution >= 0.6 is 0 Å². The van der Waals surface area contributed by atoms with Crippen molar-refractivity contribution in [2.45, 2.75) is 208 Å². The zero-order valence-corrected chi connectivity index (χ0v) is 65.3. The largest absolute Gasteiger partial charge is 0.487 e. The van der Waals surface area contributed by atoms with Gasteiger partial charge in [0.1, 0.15) is 131 Å². The van der Waals surface area contributed by atoms with E-state index in [-0.39, 0.29) is 68.7 Å². The Labute approximate surface area is 682 Å². The molecule has 17 N–H and O–H groups in total. The van der Waals surface area contributed by atoms with E-state index in [9.17, 15) is 71.6 Å². The molecule has 0 bridgehead atoms. The molecule has 4 aromatic carbocycles. The first kappa shape index (κ1) is 81.6. The average molecular weight is 1660 g/mol. The summed E-state index contributed by atoms with van der Waals surface area (Å²) in [4.78, 5) is 20.9. The molecule has 27 nitrogen and oxygen atoms in total. The number of nitrogens with zero attached hydrogens (tertiary/aromatic N) is 9. The number of benzene rings is 4. The van der Waals surface area contributed by atoms with E-state index in [1.165, 1.54) is 118 Å². The van der Waals surface area contributed by atoms with E-state index in [0.717, 1.165) is 67.3 Å². The van der Waals surface area contributed by atoms with Gasteiger partial charge in [-0.3, -0.25) is 0 Å². The number of nitrogen functional groups attached to an aromatic ring is 3. The quantitative estimate of drug-likeness (QED) is 0.0482. The monoisotopic (exact) mass is 1660 g/mol. The first-order valence-electron chi connectivity index (χ1n) is 40.3. The molecular formula is C86H92F7N15O12. The molecule has 0 radical (unpaired) electrons. The lowest BCUT2D eigenvalue weighted by atomic mass is 9.89. The minimum Gasteiger partial charge on any atom is -0.487 e. The highest BCUT2D eigenvalue weighted by Gasteiger charge is 2.50. The van der Waals surface area contributed by atoms with Crippen LogP contribution < -0.4 is 52.1 Å². The molecule has 8 aromatic heterocycles. The van der Waals surface area contributed by atoms with Crippen LogP contribution in [0.5, 0.6) is 23.0 Å². The number of nitrogens with two attached hydrogens (primary N) is 3. The summed E-state index contributed by atoms with van der Waals surface area (Å²) in [6, 6.07) is 15.9. The summed E-state index contributed by atoms with van der Waals surface area (Å²) in [6.07, 6.45) is 5.68. The van der Waals surface area contributed by atoms with Gasteiger partial charge >= 0.3 is 0 Å². The maximum Gasteiger partial charge on any atom is 0.162 e. The van der Waals surface area contributed by atoms with Gasteiger partial charge in [-0.05, 0) is 129 Å². The molecule has 8 unspecified atom stereocenters. The third kappa shape index (κ3) is 15.0. The van der Waals surface area contributed by atoms with Gasteiger partial charge in [-0.1, -0.05) is 25.1 Å². The summed E-state index contributed by atoms with van der Waals surface area (Å²) in [7, 11) is 0. The van der Waals surface area contributed by atoms with Crippen LogP contribution in [-0.4, -0.2) is 170 Å². The second-order valence-electron chi connectivity index (χ2n) is 32.1. The molecule has 20 rings (SSSR count). The smallest absolute Gasteiger partial charge is 0.162 e. The van der Waals surface area contributed by atoms with Gasteiger partial charge in [0, 0.05) is 147 Å². The number of rotatable bonds is 13. The predicted molar refractivity (Wildman–Crippen MR) is 428 cm³/mol. The Morgan fingerprint density at radius 3 is 1.33 bits per heavy atom. The zero-order chi connectivity index (χ0) is 84.0. The second kappa shape index (κ2) is 33.3. The summed E-state index contributed by atoms with van der Waals surface area (Å²) in [5.74, 6) is -2.43. The summed E-state index contributed by atoms with van der Waals surface area (Å²) in [5, 5.41) is 95.9. The summed E-state index contributed by atoms with van der Waals surface area (Å²) in [6.45, 7) is 7.45. The molecule has 0 amide bonds. The van der Waals surface area contributed by atoms with Crippen molar-refractivity contribution in [3.8, 4) is 23.0 Å². The van der Waals surface area contributed by atoms with Crippen LogP contribution in [0.4, 0.5) is 47.8 Å². The van der Waals surface area contributed by atoms with Crippen molar-refractivity contribution in [2.24, 2.45) is 0 Å². The van der Waals surface area contributed by atoms with Gasteiger partial charge in [0.25, 0.3) is 0 Å². The number of anilines is 3. The third-order valence-corrected chi connectivity index (χ3v) is 24.9. The van der Waals surface area contributed by atoms with E-state index in [1.807, 2.05) is 18.2 Å². The Kier molecular flexibility index (Phi) is 22.7. The van der Waals surface area contributed by atoms with Gasteiger partial charge in [0.2, 0.25) is 0 Å². The Hall–Kier alpha value is -10.8.